The zero-order chi connectivity index (χ0) is 14.7. The molecule has 1 aliphatic rings. The summed E-state index contributed by atoms with van der Waals surface area (Å²) < 4.78 is 0. The minimum Gasteiger partial charge on any atom is -0.480 e. The summed E-state index contributed by atoms with van der Waals surface area (Å²) in [6.45, 7) is 4.25. The fraction of sp³-hybridized carbons (Fsp3) is 0.357. The molecule has 0 radical (unpaired) electrons. The number of rotatable bonds is 4. The van der Waals surface area contributed by atoms with Crippen LogP contribution >= 0.6 is 0 Å². The highest BCUT2D eigenvalue weighted by molar-refractivity contribution is 5.96. The molecule has 6 heteroatoms. The lowest BCUT2D eigenvalue weighted by Gasteiger charge is -2.14. The molecule has 6 nitrogen and oxygen atoms in total. The molecule has 1 atom stereocenters. The monoisotopic (exact) mass is 275 g/mol. The molecule has 0 bridgehead atoms. The van der Waals surface area contributed by atoms with Crippen molar-refractivity contribution in [2.24, 2.45) is 5.10 Å². The highest BCUT2D eigenvalue weighted by Crippen LogP contribution is 2.19. The molecule has 1 aromatic carbocycles. The van der Waals surface area contributed by atoms with Crippen molar-refractivity contribution in [2.45, 2.75) is 26.3 Å². The molecular weight excluding hydrogens is 258 g/mol. The number of carbonyl (C=O) groups is 2. The molecule has 20 heavy (non-hydrogen) atoms. The van der Waals surface area contributed by atoms with E-state index >= 15 is 0 Å². The van der Waals surface area contributed by atoms with Gasteiger partial charge < -0.3 is 10.4 Å². The molecule has 1 aromatic rings. The summed E-state index contributed by atoms with van der Waals surface area (Å²) >= 11 is 0. The third-order valence-electron chi connectivity index (χ3n) is 3.12. The zero-order valence-corrected chi connectivity index (χ0v) is 11.5. The van der Waals surface area contributed by atoms with Crippen LogP contribution in [0.15, 0.2) is 29.4 Å². The molecular formula is C14H17N3O3. The number of benzene rings is 1. The topological polar surface area (TPSA) is 82.0 Å². The highest BCUT2D eigenvalue weighted by Gasteiger charge is 2.16. The summed E-state index contributed by atoms with van der Waals surface area (Å²) in [5.74, 6) is -1.45. The third-order valence-corrected chi connectivity index (χ3v) is 3.12. The largest absolute Gasteiger partial charge is 0.480 e. The Morgan fingerprint density at radius 3 is 2.50 bits per heavy atom. The second kappa shape index (κ2) is 5.73. The Morgan fingerprint density at radius 2 is 2.00 bits per heavy atom. The number of carbonyl (C=O) groups excluding carboxylic acids is 1. The molecule has 1 heterocycles. The van der Waals surface area contributed by atoms with Crippen molar-refractivity contribution < 1.29 is 14.7 Å². The lowest BCUT2D eigenvalue weighted by Crippen LogP contribution is -2.38. The molecule has 2 rings (SSSR count). The molecule has 0 saturated carbocycles. The lowest BCUT2D eigenvalue weighted by atomic mass is 10.1. The van der Waals surface area contributed by atoms with Gasteiger partial charge in [-0.25, -0.2) is 0 Å². The summed E-state index contributed by atoms with van der Waals surface area (Å²) in [5.41, 5.74) is 2.44. The minimum atomic E-state index is -1.06. The third kappa shape index (κ3) is 3.14. The number of nitrogens with zero attached hydrogens (tertiary/aromatic N) is 2. The van der Waals surface area contributed by atoms with Crippen LogP contribution in [0.1, 0.15) is 30.6 Å². The van der Waals surface area contributed by atoms with E-state index in [1.165, 1.54) is 6.92 Å². The van der Waals surface area contributed by atoms with Gasteiger partial charge in [-0.2, -0.15) is 5.10 Å². The first-order chi connectivity index (χ1) is 9.47. The van der Waals surface area contributed by atoms with E-state index in [2.05, 4.69) is 10.4 Å². The molecule has 106 valence electrons. The van der Waals surface area contributed by atoms with Crippen molar-refractivity contribution in [1.82, 2.24) is 5.32 Å². The number of hydrazone groups is 1. The fourth-order valence-electron chi connectivity index (χ4n) is 1.89. The summed E-state index contributed by atoms with van der Waals surface area (Å²) in [5, 5.41) is 17.4. The Labute approximate surface area is 117 Å². The van der Waals surface area contributed by atoms with E-state index in [1.54, 1.807) is 12.1 Å². The van der Waals surface area contributed by atoms with Crippen LogP contribution in [-0.4, -0.2) is 35.3 Å². The molecule has 2 N–H and O–H groups in total. The summed E-state index contributed by atoms with van der Waals surface area (Å²) in [7, 11) is 0. The van der Waals surface area contributed by atoms with Gasteiger partial charge in [-0.3, -0.25) is 14.6 Å². The molecule has 1 aliphatic heterocycles. The predicted molar refractivity (Wildman–Crippen MR) is 76.1 cm³/mol. The van der Waals surface area contributed by atoms with E-state index in [0.717, 1.165) is 24.4 Å². The van der Waals surface area contributed by atoms with Gasteiger partial charge in [0.15, 0.2) is 0 Å². The molecule has 0 aliphatic carbocycles. The van der Waals surface area contributed by atoms with Gasteiger partial charge in [0.2, 0.25) is 0 Å². The van der Waals surface area contributed by atoms with Crippen molar-refractivity contribution in [2.75, 3.05) is 11.6 Å². The Balaban J connectivity index is 2.05. The number of carboxylic acid groups (broad SMARTS) is 1. The number of amides is 1. The standard InChI is InChI=1S/C14H17N3O3/c1-9-7-8-17(16-9)12-5-3-11(4-6-12)13(18)15-10(2)14(19)20/h3-6,10H,7-8H2,1-2H3,(H,15,18)(H,19,20)/t10-/m1/s1. The average Bonchev–Trinajstić information content (AvgIpc) is 2.85. The van der Waals surface area contributed by atoms with Crippen LogP contribution in [0.25, 0.3) is 0 Å². The van der Waals surface area contributed by atoms with E-state index in [0.29, 0.717) is 5.56 Å². The predicted octanol–water partition coefficient (Wildman–Crippen LogP) is 1.48. The van der Waals surface area contributed by atoms with Crippen molar-refractivity contribution in [1.29, 1.82) is 0 Å². The van der Waals surface area contributed by atoms with Crippen LogP contribution in [0, 0.1) is 0 Å². The maximum Gasteiger partial charge on any atom is 0.325 e. The number of hydrogen-bond acceptors (Lipinski definition) is 4. The molecule has 0 aromatic heterocycles. The number of hydrogen-bond donors (Lipinski definition) is 2. The number of carboxylic acids is 1. The van der Waals surface area contributed by atoms with Gasteiger partial charge in [-0.15, -0.1) is 0 Å². The zero-order valence-electron chi connectivity index (χ0n) is 11.5. The SMILES string of the molecule is CC1=NN(c2ccc(C(=O)N[C@H](C)C(=O)O)cc2)CC1. The second-order valence-corrected chi connectivity index (χ2v) is 4.79. The van der Waals surface area contributed by atoms with Crippen LogP contribution in [0.4, 0.5) is 5.69 Å². The van der Waals surface area contributed by atoms with Crippen molar-refractivity contribution in [3.63, 3.8) is 0 Å². The highest BCUT2D eigenvalue weighted by atomic mass is 16.4. The van der Waals surface area contributed by atoms with Gasteiger partial charge in [-0.1, -0.05) is 0 Å². The first-order valence-corrected chi connectivity index (χ1v) is 6.42. The number of anilines is 1. The second-order valence-electron chi connectivity index (χ2n) is 4.79. The van der Waals surface area contributed by atoms with Gasteiger partial charge >= 0.3 is 5.97 Å². The van der Waals surface area contributed by atoms with E-state index < -0.39 is 17.9 Å². The quantitative estimate of drug-likeness (QED) is 0.872. The van der Waals surface area contributed by atoms with E-state index in [9.17, 15) is 9.59 Å². The van der Waals surface area contributed by atoms with E-state index in [1.807, 2.05) is 24.1 Å². The van der Waals surface area contributed by atoms with Gasteiger partial charge in [-0.05, 0) is 38.1 Å². The van der Waals surface area contributed by atoms with Crippen molar-refractivity contribution >= 4 is 23.3 Å². The van der Waals surface area contributed by atoms with Gasteiger partial charge in [0.1, 0.15) is 6.04 Å². The summed E-state index contributed by atoms with van der Waals surface area (Å²) in [4.78, 5) is 22.5. The van der Waals surface area contributed by atoms with Crippen molar-refractivity contribution in [3.05, 3.63) is 29.8 Å². The van der Waals surface area contributed by atoms with Crippen molar-refractivity contribution in [3.8, 4) is 0 Å². The van der Waals surface area contributed by atoms with Gasteiger partial charge in [0, 0.05) is 24.2 Å². The molecule has 0 fully saturated rings. The average molecular weight is 275 g/mol. The minimum absolute atomic E-state index is 0.396. The van der Waals surface area contributed by atoms with E-state index in [4.69, 9.17) is 5.11 Å². The molecule has 1 amide bonds. The Kier molecular flexibility index (Phi) is 4.02. The number of nitrogens with one attached hydrogen (secondary N) is 1. The van der Waals surface area contributed by atoms with Crippen LogP contribution < -0.4 is 10.3 Å². The van der Waals surface area contributed by atoms with Crippen LogP contribution in [0.5, 0.6) is 0 Å². The fourth-order valence-corrected chi connectivity index (χ4v) is 1.89. The van der Waals surface area contributed by atoms with Gasteiger partial charge in [0.05, 0.1) is 5.69 Å². The summed E-state index contributed by atoms with van der Waals surface area (Å²) in [6, 6.07) is 6.04. The Bertz CT molecular complexity index is 551. The Hall–Kier alpha value is -2.37. The van der Waals surface area contributed by atoms with Crippen LogP contribution in [-0.2, 0) is 4.79 Å². The smallest absolute Gasteiger partial charge is 0.325 e. The number of aliphatic carboxylic acids is 1. The maximum absolute atomic E-state index is 11.8. The molecule has 0 saturated heterocycles. The first-order valence-electron chi connectivity index (χ1n) is 6.42. The maximum atomic E-state index is 11.8. The normalized spacial score (nSPS) is 15.7. The van der Waals surface area contributed by atoms with Crippen LogP contribution in [0.3, 0.4) is 0 Å². The molecule has 0 spiro atoms. The van der Waals surface area contributed by atoms with Crippen LogP contribution in [0.2, 0.25) is 0 Å². The summed E-state index contributed by atoms with van der Waals surface area (Å²) in [6.07, 6.45) is 0.943. The first kappa shape index (κ1) is 14.0. The lowest BCUT2D eigenvalue weighted by molar-refractivity contribution is -0.138. The Morgan fingerprint density at radius 1 is 1.35 bits per heavy atom. The van der Waals surface area contributed by atoms with E-state index in [-0.39, 0.29) is 0 Å². The van der Waals surface area contributed by atoms with Gasteiger partial charge in [0.25, 0.3) is 5.91 Å². The molecule has 0 unspecified atom stereocenters.